The van der Waals surface area contributed by atoms with Crippen LogP contribution in [0.25, 0.3) is 38.5 Å². The van der Waals surface area contributed by atoms with E-state index in [9.17, 15) is 0 Å². The molecular formula is C42H36N4O2S. The molecule has 1 aliphatic heterocycles. The summed E-state index contributed by atoms with van der Waals surface area (Å²) in [6.07, 6.45) is 12.3. The first-order chi connectivity index (χ1) is 24.1. The van der Waals surface area contributed by atoms with Crippen molar-refractivity contribution < 1.29 is 8.83 Å². The van der Waals surface area contributed by atoms with Gasteiger partial charge in [-0.1, -0.05) is 103 Å². The van der Waals surface area contributed by atoms with Crippen LogP contribution < -0.4 is 11.5 Å². The first kappa shape index (κ1) is 30.1. The smallest absolute Gasteiger partial charge is 0.158 e. The Kier molecular flexibility index (Phi) is 7.68. The molecule has 4 unspecified atom stereocenters. The summed E-state index contributed by atoms with van der Waals surface area (Å²) in [4.78, 5) is 10.7. The topological polar surface area (TPSA) is 103 Å². The molecule has 3 aliphatic rings. The molecule has 0 saturated carbocycles. The summed E-state index contributed by atoms with van der Waals surface area (Å²) in [6.45, 7) is 0. The number of amidine groups is 1. The molecule has 4 aromatic carbocycles. The fourth-order valence-electron chi connectivity index (χ4n) is 7.44. The molecule has 9 rings (SSSR count). The average molecular weight is 661 g/mol. The van der Waals surface area contributed by atoms with Crippen molar-refractivity contribution in [3.8, 4) is 0 Å². The Balaban J connectivity index is 1.07. The maximum atomic E-state index is 6.68. The van der Waals surface area contributed by atoms with Crippen LogP contribution in [0.3, 0.4) is 0 Å². The van der Waals surface area contributed by atoms with Crippen LogP contribution >= 0.6 is 11.8 Å². The fraction of sp³-hybridized carbons (Fsp3) is 0.190. The molecule has 7 heteroatoms. The Morgan fingerprint density at radius 3 is 2.33 bits per heavy atom. The van der Waals surface area contributed by atoms with E-state index < -0.39 is 0 Å². The lowest BCUT2D eigenvalue weighted by molar-refractivity contribution is 0.512. The third-order valence-electron chi connectivity index (χ3n) is 9.98. The molecule has 0 bridgehead atoms. The van der Waals surface area contributed by atoms with E-state index in [0.29, 0.717) is 6.42 Å². The number of furan rings is 2. The molecule has 49 heavy (non-hydrogen) atoms. The molecule has 6 aromatic rings. The molecule has 0 radical (unpaired) electrons. The summed E-state index contributed by atoms with van der Waals surface area (Å²) < 4.78 is 13.0. The standard InChI is InChI=1S/C42H36N4O2S/c43-40(26-10-2-1-3-11-26)49-41(44)27-22-20-25(21-23-27)34-24-35(32-16-8-14-30-28-12-4-6-18-36(28)47-38(30)32)46-42(45-34)33-17-9-15-31-29-13-5-7-19-37(29)48-39(31)33/h1-8,10-14,16-20,22-23,25,34,40-41H,9,15,21,24,43-44H2. The van der Waals surface area contributed by atoms with Gasteiger partial charge in [-0.2, -0.15) is 0 Å². The van der Waals surface area contributed by atoms with Crippen molar-refractivity contribution >= 4 is 61.8 Å². The number of benzene rings is 4. The van der Waals surface area contributed by atoms with E-state index in [-0.39, 0.29) is 22.7 Å². The highest BCUT2D eigenvalue weighted by molar-refractivity contribution is 8.00. The second-order valence-electron chi connectivity index (χ2n) is 13.0. The number of allylic oxidation sites excluding steroid dienone is 2. The lowest BCUT2D eigenvalue weighted by Gasteiger charge is -2.29. The Morgan fingerprint density at radius 1 is 0.755 bits per heavy atom. The van der Waals surface area contributed by atoms with Gasteiger partial charge in [-0.3, -0.25) is 4.99 Å². The lowest BCUT2D eigenvalue weighted by Crippen LogP contribution is -2.29. The maximum Gasteiger partial charge on any atom is 0.158 e. The van der Waals surface area contributed by atoms with E-state index in [1.165, 1.54) is 10.9 Å². The number of para-hydroxylation sites is 3. The second kappa shape index (κ2) is 12.5. The van der Waals surface area contributed by atoms with Gasteiger partial charge in [0.2, 0.25) is 0 Å². The van der Waals surface area contributed by atoms with E-state index >= 15 is 0 Å². The van der Waals surface area contributed by atoms with Crippen LogP contribution in [0, 0.1) is 5.92 Å². The highest BCUT2D eigenvalue weighted by Gasteiger charge is 2.32. The van der Waals surface area contributed by atoms with Crippen molar-refractivity contribution in [1.29, 1.82) is 0 Å². The molecule has 2 aromatic heterocycles. The monoisotopic (exact) mass is 660 g/mol. The van der Waals surface area contributed by atoms with E-state index in [1.54, 1.807) is 11.8 Å². The van der Waals surface area contributed by atoms with Crippen molar-refractivity contribution in [2.75, 3.05) is 0 Å². The van der Waals surface area contributed by atoms with Crippen molar-refractivity contribution in [2.45, 2.75) is 42.5 Å². The van der Waals surface area contributed by atoms with Crippen LogP contribution in [-0.2, 0) is 6.42 Å². The van der Waals surface area contributed by atoms with Gasteiger partial charge in [0, 0.05) is 39.6 Å². The number of rotatable bonds is 7. The van der Waals surface area contributed by atoms with E-state index in [2.05, 4.69) is 66.8 Å². The van der Waals surface area contributed by atoms with E-state index in [1.807, 2.05) is 54.6 Å². The van der Waals surface area contributed by atoms with Gasteiger partial charge < -0.3 is 20.3 Å². The van der Waals surface area contributed by atoms with Gasteiger partial charge in [0.05, 0.1) is 28.1 Å². The third-order valence-corrected chi connectivity index (χ3v) is 11.1. The predicted molar refractivity (Wildman–Crippen MR) is 203 cm³/mol. The molecule has 3 heterocycles. The van der Waals surface area contributed by atoms with Crippen molar-refractivity contribution in [3.63, 3.8) is 0 Å². The Morgan fingerprint density at radius 2 is 1.51 bits per heavy atom. The molecule has 6 nitrogen and oxygen atoms in total. The Bertz CT molecular complexity index is 2380. The summed E-state index contributed by atoms with van der Waals surface area (Å²) in [6, 6.07) is 33.0. The zero-order valence-corrected chi connectivity index (χ0v) is 27.8. The van der Waals surface area contributed by atoms with Gasteiger partial charge in [-0.25, -0.2) is 4.99 Å². The minimum Gasteiger partial charge on any atom is -0.456 e. The number of aliphatic imine (C=N–C) groups is 2. The number of hydrogen-bond acceptors (Lipinski definition) is 7. The number of hydrogen-bond donors (Lipinski definition) is 2. The SMILES string of the molecule is NC(SC(N)c1ccccc1)C1=CCC(C2CC(c3cccc4c3oc3ccccc34)=NC(C3=CCCc4c3oc3ccccc43)=N2)C=C1. The van der Waals surface area contributed by atoms with Crippen molar-refractivity contribution in [3.05, 3.63) is 149 Å². The first-order valence-corrected chi connectivity index (χ1v) is 17.9. The normalized spacial score (nSPS) is 20.4. The van der Waals surface area contributed by atoms with Crippen LogP contribution in [0.5, 0.6) is 0 Å². The fourth-order valence-corrected chi connectivity index (χ4v) is 8.41. The zero-order valence-electron chi connectivity index (χ0n) is 27.0. The van der Waals surface area contributed by atoms with Gasteiger partial charge in [-0.05, 0) is 48.6 Å². The third kappa shape index (κ3) is 5.48. The highest BCUT2D eigenvalue weighted by Crippen LogP contribution is 2.40. The first-order valence-electron chi connectivity index (χ1n) is 17.0. The number of nitrogens with zero attached hydrogens (tertiary/aromatic N) is 2. The molecular weight excluding hydrogens is 625 g/mol. The molecule has 0 amide bonds. The maximum absolute atomic E-state index is 6.68. The predicted octanol–water partition coefficient (Wildman–Crippen LogP) is 9.50. The van der Waals surface area contributed by atoms with Crippen LogP contribution in [0.15, 0.2) is 146 Å². The quantitative estimate of drug-likeness (QED) is 0.166. The van der Waals surface area contributed by atoms with Gasteiger partial charge in [0.25, 0.3) is 0 Å². The molecule has 0 saturated heterocycles. The van der Waals surface area contributed by atoms with Crippen LogP contribution in [0.2, 0.25) is 0 Å². The van der Waals surface area contributed by atoms with Crippen LogP contribution in [0.1, 0.15) is 47.1 Å². The second-order valence-corrected chi connectivity index (χ2v) is 14.3. The molecule has 0 fully saturated rings. The summed E-state index contributed by atoms with van der Waals surface area (Å²) >= 11 is 1.57. The summed E-state index contributed by atoms with van der Waals surface area (Å²) in [5.74, 6) is 1.79. The molecule has 4 atom stereocenters. The summed E-state index contributed by atoms with van der Waals surface area (Å²) in [5.41, 5.74) is 22.2. The number of nitrogens with two attached hydrogens (primary N) is 2. The molecule has 2 aliphatic carbocycles. The molecule has 242 valence electrons. The molecule has 0 spiro atoms. The van der Waals surface area contributed by atoms with Crippen LogP contribution in [0.4, 0.5) is 0 Å². The zero-order chi connectivity index (χ0) is 32.9. The lowest BCUT2D eigenvalue weighted by atomic mass is 9.85. The highest BCUT2D eigenvalue weighted by atomic mass is 32.2. The minimum atomic E-state index is -0.223. The van der Waals surface area contributed by atoms with Crippen molar-refractivity contribution in [1.82, 2.24) is 0 Å². The van der Waals surface area contributed by atoms with Gasteiger partial charge in [0.1, 0.15) is 22.5 Å². The van der Waals surface area contributed by atoms with Crippen LogP contribution in [-0.4, -0.2) is 23.0 Å². The van der Waals surface area contributed by atoms with E-state index in [0.717, 1.165) is 86.4 Å². The number of aryl methyl sites for hydroxylation is 1. The Labute approximate surface area is 289 Å². The summed E-state index contributed by atoms with van der Waals surface area (Å²) in [7, 11) is 0. The van der Waals surface area contributed by atoms with Crippen molar-refractivity contribution in [2.24, 2.45) is 27.4 Å². The van der Waals surface area contributed by atoms with Gasteiger partial charge in [0.15, 0.2) is 5.84 Å². The van der Waals surface area contributed by atoms with Gasteiger partial charge >= 0.3 is 0 Å². The average Bonchev–Trinajstić information content (AvgIpc) is 3.74. The number of fused-ring (bicyclic) bond motifs is 6. The Hall–Kier alpha value is -4.95. The van der Waals surface area contributed by atoms with Gasteiger partial charge in [-0.15, -0.1) is 11.8 Å². The largest absolute Gasteiger partial charge is 0.456 e. The summed E-state index contributed by atoms with van der Waals surface area (Å²) in [5, 5.41) is 2.96. The molecule has 4 N–H and O–H groups in total. The minimum absolute atomic E-state index is 0.0257. The number of thioether (sulfide) groups is 1. The van der Waals surface area contributed by atoms with E-state index in [4.69, 9.17) is 30.3 Å².